The molecule has 2 aliphatic rings. The van der Waals surface area contributed by atoms with E-state index in [0.717, 1.165) is 10.5 Å². The van der Waals surface area contributed by atoms with Gasteiger partial charge in [0.2, 0.25) is 5.91 Å². The average Bonchev–Trinajstić information content (AvgIpc) is 3.35. The third-order valence-electron chi connectivity index (χ3n) is 5.27. The van der Waals surface area contributed by atoms with Crippen LogP contribution < -0.4 is 15.0 Å². The highest BCUT2D eigenvalue weighted by Gasteiger charge is 2.36. The van der Waals surface area contributed by atoms with Crippen LogP contribution in [0.25, 0.3) is 11.3 Å². The average molecular weight is 448 g/mol. The lowest BCUT2D eigenvalue weighted by atomic mass is 10.1. The van der Waals surface area contributed by atoms with Crippen LogP contribution in [0.15, 0.2) is 47.8 Å². The topological polar surface area (TPSA) is 109 Å². The molecule has 0 radical (unpaired) electrons. The minimum atomic E-state index is -0.524. The summed E-state index contributed by atoms with van der Waals surface area (Å²) < 4.78 is 5.43. The summed E-state index contributed by atoms with van der Waals surface area (Å²) >= 11 is 1.22. The molecule has 0 aliphatic carbocycles. The van der Waals surface area contributed by atoms with Crippen molar-refractivity contribution in [2.24, 2.45) is 0 Å². The summed E-state index contributed by atoms with van der Waals surface area (Å²) in [6, 6.07) is 11.9. The van der Waals surface area contributed by atoms with Crippen molar-refractivity contribution < 1.29 is 23.9 Å². The fourth-order valence-electron chi connectivity index (χ4n) is 3.58. The van der Waals surface area contributed by atoms with Crippen LogP contribution >= 0.6 is 11.3 Å². The Balaban J connectivity index is 1.29. The number of rotatable bonds is 4. The van der Waals surface area contributed by atoms with E-state index in [1.54, 1.807) is 48.8 Å². The molecule has 0 bridgehead atoms. The van der Waals surface area contributed by atoms with E-state index in [9.17, 15) is 19.2 Å². The molecular weight excluding hydrogens is 432 g/mol. The van der Waals surface area contributed by atoms with Gasteiger partial charge in [0.05, 0.1) is 22.5 Å². The van der Waals surface area contributed by atoms with Crippen molar-refractivity contribution in [2.45, 2.75) is 0 Å². The van der Waals surface area contributed by atoms with Gasteiger partial charge in [-0.1, -0.05) is 12.1 Å². The molecule has 9 nitrogen and oxygen atoms in total. The summed E-state index contributed by atoms with van der Waals surface area (Å²) in [5.74, 6) is -1.04. The van der Waals surface area contributed by atoms with Crippen LogP contribution in [0.3, 0.4) is 0 Å². The summed E-state index contributed by atoms with van der Waals surface area (Å²) in [4.78, 5) is 56.1. The van der Waals surface area contributed by atoms with E-state index >= 15 is 0 Å². The number of aromatic nitrogens is 1. The molecule has 4 amide bonds. The molecule has 160 valence electrons. The van der Waals surface area contributed by atoms with Crippen molar-refractivity contribution >= 4 is 45.8 Å². The Morgan fingerprint density at radius 1 is 1.12 bits per heavy atom. The molecule has 10 heteroatoms. The van der Waals surface area contributed by atoms with E-state index < -0.39 is 24.3 Å². The van der Waals surface area contributed by atoms with Crippen LogP contribution in [-0.4, -0.2) is 53.7 Å². The molecule has 0 saturated heterocycles. The van der Waals surface area contributed by atoms with Crippen LogP contribution in [0.5, 0.6) is 5.75 Å². The van der Waals surface area contributed by atoms with E-state index in [4.69, 9.17) is 4.74 Å². The van der Waals surface area contributed by atoms with Gasteiger partial charge in [-0.2, -0.15) is 0 Å². The van der Waals surface area contributed by atoms with Gasteiger partial charge in [-0.15, -0.1) is 11.3 Å². The Kier molecular flexibility index (Phi) is 4.71. The van der Waals surface area contributed by atoms with Crippen molar-refractivity contribution in [1.29, 1.82) is 0 Å². The first-order chi connectivity index (χ1) is 15.4. The van der Waals surface area contributed by atoms with Crippen molar-refractivity contribution in [2.75, 3.05) is 30.4 Å². The molecule has 5 rings (SSSR count). The van der Waals surface area contributed by atoms with Gasteiger partial charge in [-0.3, -0.25) is 24.1 Å². The third kappa shape index (κ3) is 3.30. The van der Waals surface area contributed by atoms with Gasteiger partial charge in [-0.05, 0) is 30.3 Å². The standard InChI is InChI=1S/C22H16N4O5S/c1-25-16-8-12(6-7-17(16)31-10-19(25)28)15-11-32-22(23-15)24-18(27)9-26-20(29)13-4-2-3-5-14(13)21(26)30/h2-8,11H,9-10H2,1H3,(H,23,24,27). The number of thiazole rings is 1. The molecule has 0 unspecified atom stereocenters. The van der Waals surface area contributed by atoms with Crippen LogP contribution in [-0.2, 0) is 9.59 Å². The van der Waals surface area contributed by atoms with Crippen molar-refractivity contribution in [3.8, 4) is 17.0 Å². The molecule has 0 fully saturated rings. The molecule has 2 aliphatic heterocycles. The van der Waals surface area contributed by atoms with Gasteiger partial charge in [0.15, 0.2) is 11.7 Å². The van der Waals surface area contributed by atoms with E-state index in [-0.39, 0.29) is 12.5 Å². The first-order valence-corrected chi connectivity index (χ1v) is 10.5. The molecule has 0 saturated carbocycles. The lowest BCUT2D eigenvalue weighted by molar-refractivity contribution is -0.121. The normalized spacial score (nSPS) is 14.8. The minimum Gasteiger partial charge on any atom is -0.482 e. The van der Waals surface area contributed by atoms with Crippen molar-refractivity contribution in [1.82, 2.24) is 9.88 Å². The minimum absolute atomic E-state index is 0.00281. The van der Waals surface area contributed by atoms with Gasteiger partial charge < -0.3 is 15.0 Å². The zero-order chi connectivity index (χ0) is 22.4. The smallest absolute Gasteiger partial charge is 0.264 e. The zero-order valence-corrected chi connectivity index (χ0v) is 17.6. The Bertz CT molecular complexity index is 1270. The van der Waals surface area contributed by atoms with Crippen molar-refractivity contribution in [3.05, 3.63) is 59.0 Å². The van der Waals surface area contributed by atoms with Crippen LogP contribution in [0.4, 0.5) is 10.8 Å². The largest absolute Gasteiger partial charge is 0.482 e. The Hall–Kier alpha value is -4.05. The van der Waals surface area contributed by atoms with Gasteiger partial charge in [0.25, 0.3) is 17.7 Å². The van der Waals surface area contributed by atoms with Crippen LogP contribution in [0.2, 0.25) is 0 Å². The lowest BCUT2D eigenvalue weighted by Crippen LogP contribution is -2.37. The fourth-order valence-corrected chi connectivity index (χ4v) is 4.32. The first-order valence-electron chi connectivity index (χ1n) is 9.67. The number of imide groups is 1. The number of hydrogen-bond donors (Lipinski definition) is 1. The van der Waals surface area contributed by atoms with E-state index in [0.29, 0.717) is 33.4 Å². The van der Waals surface area contributed by atoms with E-state index in [1.165, 1.54) is 16.2 Å². The molecule has 0 spiro atoms. The van der Waals surface area contributed by atoms with Crippen molar-refractivity contribution in [3.63, 3.8) is 0 Å². The molecular formula is C22H16N4O5S. The molecule has 1 N–H and O–H groups in total. The molecule has 2 aromatic carbocycles. The number of nitrogens with one attached hydrogen (secondary N) is 1. The maximum Gasteiger partial charge on any atom is 0.264 e. The number of fused-ring (bicyclic) bond motifs is 2. The number of amides is 4. The highest BCUT2D eigenvalue weighted by atomic mass is 32.1. The SMILES string of the molecule is CN1C(=O)COc2ccc(-c3csc(NC(=O)CN4C(=O)c5ccccc5C4=O)n3)cc21. The molecule has 32 heavy (non-hydrogen) atoms. The number of hydrogen-bond acceptors (Lipinski definition) is 7. The number of benzene rings is 2. The zero-order valence-electron chi connectivity index (χ0n) is 16.8. The fraction of sp³-hybridized carbons (Fsp3) is 0.136. The van der Waals surface area contributed by atoms with Gasteiger partial charge >= 0.3 is 0 Å². The lowest BCUT2D eigenvalue weighted by Gasteiger charge is -2.26. The first kappa shape index (κ1) is 19.9. The number of carbonyl (C=O) groups is 4. The number of ether oxygens (including phenoxy) is 1. The Morgan fingerprint density at radius 2 is 1.84 bits per heavy atom. The number of anilines is 2. The van der Waals surface area contributed by atoms with E-state index in [2.05, 4.69) is 10.3 Å². The number of carbonyl (C=O) groups excluding carboxylic acids is 4. The molecule has 1 aromatic heterocycles. The van der Waals surface area contributed by atoms with Gasteiger partial charge in [0, 0.05) is 18.0 Å². The highest BCUT2D eigenvalue weighted by Crippen LogP contribution is 2.36. The van der Waals surface area contributed by atoms with Gasteiger partial charge in [-0.25, -0.2) is 4.98 Å². The summed E-state index contributed by atoms with van der Waals surface area (Å²) in [6.07, 6.45) is 0. The molecule has 0 atom stereocenters. The second kappa shape index (κ2) is 7.57. The molecule has 3 heterocycles. The highest BCUT2D eigenvalue weighted by molar-refractivity contribution is 7.14. The van der Waals surface area contributed by atoms with E-state index in [1.807, 2.05) is 6.07 Å². The second-order valence-electron chi connectivity index (χ2n) is 7.25. The summed E-state index contributed by atoms with van der Waals surface area (Å²) in [5, 5.41) is 4.74. The third-order valence-corrected chi connectivity index (χ3v) is 6.03. The molecule has 3 aromatic rings. The van der Waals surface area contributed by atoms with Gasteiger partial charge in [0.1, 0.15) is 12.3 Å². The predicted octanol–water partition coefficient (Wildman–Crippen LogP) is 2.40. The maximum absolute atomic E-state index is 12.5. The predicted molar refractivity (Wildman–Crippen MR) is 117 cm³/mol. The van der Waals surface area contributed by atoms with Crippen LogP contribution in [0.1, 0.15) is 20.7 Å². The number of likely N-dealkylation sites (N-methyl/N-ethyl adjacent to an activating group) is 1. The number of nitrogens with zero attached hydrogens (tertiary/aromatic N) is 3. The maximum atomic E-state index is 12.5. The van der Waals surface area contributed by atoms with Crippen LogP contribution in [0, 0.1) is 0 Å². The monoisotopic (exact) mass is 448 g/mol. The summed E-state index contributed by atoms with van der Waals surface area (Å²) in [7, 11) is 1.68. The summed E-state index contributed by atoms with van der Waals surface area (Å²) in [5.41, 5.74) is 2.59. The Labute approximate surface area is 186 Å². The summed E-state index contributed by atoms with van der Waals surface area (Å²) in [6.45, 7) is -0.396. The quantitative estimate of drug-likeness (QED) is 0.614. The second-order valence-corrected chi connectivity index (χ2v) is 8.11. The Morgan fingerprint density at radius 3 is 2.56 bits per heavy atom.